The van der Waals surface area contributed by atoms with E-state index in [0.29, 0.717) is 5.75 Å². The molecule has 126 valence electrons. The summed E-state index contributed by atoms with van der Waals surface area (Å²) in [4.78, 5) is 27.3. The summed E-state index contributed by atoms with van der Waals surface area (Å²) in [6.07, 6.45) is 4.49. The third kappa shape index (κ3) is 5.90. The van der Waals surface area contributed by atoms with Gasteiger partial charge in [-0.2, -0.15) is 0 Å². The van der Waals surface area contributed by atoms with Crippen molar-refractivity contribution in [3.8, 4) is 0 Å². The predicted octanol–water partition coefficient (Wildman–Crippen LogP) is 2.99. The smallest absolute Gasteiger partial charge is 0.246 e. The van der Waals surface area contributed by atoms with Crippen molar-refractivity contribution in [3.05, 3.63) is 29.8 Å². The minimum absolute atomic E-state index is 0.0571. The molecule has 1 heterocycles. The van der Waals surface area contributed by atoms with Crippen LogP contribution in [0.1, 0.15) is 38.2 Å². The van der Waals surface area contributed by atoms with Gasteiger partial charge in [-0.1, -0.05) is 30.5 Å². The van der Waals surface area contributed by atoms with Crippen LogP contribution in [-0.2, 0) is 9.59 Å². The van der Waals surface area contributed by atoms with Crippen LogP contribution in [0.5, 0.6) is 0 Å². The molecule has 2 rings (SSSR count). The van der Waals surface area contributed by atoms with Crippen molar-refractivity contribution < 1.29 is 9.59 Å². The minimum Gasteiger partial charge on any atom is -0.344 e. The van der Waals surface area contributed by atoms with Crippen molar-refractivity contribution >= 4 is 23.6 Å². The maximum absolute atomic E-state index is 12.8. The van der Waals surface area contributed by atoms with Gasteiger partial charge in [0.2, 0.25) is 11.8 Å². The van der Waals surface area contributed by atoms with E-state index < -0.39 is 6.04 Å². The molecular weight excluding hydrogens is 308 g/mol. The summed E-state index contributed by atoms with van der Waals surface area (Å²) in [6.45, 7) is 5.14. The van der Waals surface area contributed by atoms with Crippen LogP contribution < -0.4 is 5.32 Å². The van der Waals surface area contributed by atoms with Crippen LogP contribution in [0, 0.1) is 6.92 Å². The maximum atomic E-state index is 12.8. The first-order chi connectivity index (χ1) is 11.1. The summed E-state index contributed by atoms with van der Waals surface area (Å²) in [5.41, 5.74) is 1.22. The molecule has 1 saturated heterocycles. The fourth-order valence-electron chi connectivity index (χ4n) is 2.75. The zero-order chi connectivity index (χ0) is 16.7. The number of likely N-dealkylation sites (tertiary alicyclic amines) is 1. The van der Waals surface area contributed by atoms with Crippen molar-refractivity contribution in [3.63, 3.8) is 0 Å². The highest BCUT2D eigenvalue weighted by Crippen LogP contribution is 2.20. The van der Waals surface area contributed by atoms with E-state index in [0.717, 1.165) is 30.8 Å². The van der Waals surface area contributed by atoms with Crippen molar-refractivity contribution in [2.45, 2.75) is 50.5 Å². The molecule has 0 saturated carbocycles. The van der Waals surface area contributed by atoms with E-state index in [1.54, 1.807) is 11.8 Å². The molecule has 0 radical (unpaired) electrons. The maximum Gasteiger partial charge on any atom is 0.246 e. The molecule has 1 fully saturated rings. The summed E-state index contributed by atoms with van der Waals surface area (Å²) >= 11 is 1.61. The molecule has 1 aromatic carbocycles. The molecule has 1 N–H and O–H groups in total. The highest BCUT2D eigenvalue weighted by atomic mass is 32.2. The number of carbonyl (C=O) groups excluding carboxylic acids is 2. The Balaban J connectivity index is 1.98. The van der Waals surface area contributed by atoms with Gasteiger partial charge < -0.3 is 10.2 Å². The number of hydrogen-bond acceptors (Lipinski definition) is 3. The summed E-state index contributed by atoms with van der Waals surface area (Å²) in [7, 11) is 0. The van der Waals surface area contributed by atoms with Crippen LogP contribution in [0.15, 0.2) is 29.2 Å². The first kappa shape index (κ1) is 17.9. The lowest BCUT2D eigenvalue weighted by Crippen LogP contribution is -2.49. The second kappa shape index (κ2) is 8.96. The molecule has 0 bridgehead atoms. The summed E-state index contributed by atoms with van der Waals surface area (Å²) in [5, 5.41) is 2.83. The zero-order valence-electron chi connectivity index (χ0n) is 14.0. The third-order valence-electron chi connectivity index (χ3n) is 4.03. The van der Waals surface area contributed by atoms with Gasteiger partial charge >= 0.3 is 0 Å². The van der Waals surface area contributed by atoms with Crippen molar-refractivity contribution in [1.29, 1.82) is 0 Å². The van der Waals surface area contributed by atoms with E-state index in [4.69, 9.17) is 0 Å². The molecule has 0 aromatic heterocycles. The number of nitrogens with one attached hydrogen (secondary N) is 1. The highest BCUT2D eigenvalue weighted by molar-refractivity contribution is 7.99. The zero-order valence-corrected chi connectivity index (χ0v) is 14.8. The first-order valence-electron chi connectivity index (χ1n) is 8.31. The van der Waals surface area contributed by atoms with Gasteiger partial charge in [-0.25, -0.2) is 0 Å². The molecule has 23 heavy (non-hydrogen) atoms. The molecule has 2 amide bonds. The first-order valence-corrected chi connectivity index (χ1v) is 9.30. The van der Waals surface area contributed by atoms with Gasteiger partial charge in [0.15, 0.2) is 0 Å². The molecule has 1 aliphatic heterocycles. The fraction of sp³-hybridized carbons (Fsp3) is 0.556. The lowest BCUT2D eigenvalue weighted by molar-refractivity contribution is -0.135. The average molecular weight is 334 g/mol. The van der Waals surface area contributed by atoms with E-state index in [1.807, 2.05) is 4.90 Å². The van der Waals surface area contributed by atoms with Gasteiger partial charge in [-0.3, -0.25) is 9.59 Å². The van der Waals surface area contributed by atoms with Gasteiger partial charge in [0.25, 0.3) is 0 Å². The normalized spacial score (nSPS) is 16.5. The third-order valence-corrected chi connectivity index (χ3v) is 5.14. The van der Waals surface area contributed by atoms with Crippen molar-refractivity contribution in [2.24, 2.45) is 0 Å². The van der Waals surface area contributed by atoms with E-state index >= 15 is 0 Å². The number of benzene rings is 1. The number of aryl methyl sites for hydroxylation is 1. The number of carbonyl (C=O) groups is 2. The number of nitrogens with zero attached hydrogens (tertiary/aromatic N) is 1. The van der Waals surface area contributed by atoms with Gasteiger partial charge in [0.05, 0.1) is 0 Å². The van der Waals surface area contributed by atoms with Gasteiger partial charge in [0, 0.05) is 30.7 Å². The van der Waals surface area contributed by atoms with Crippen LogP contribution in [0.25, 0.3) is 0 Å². The lowest BCUT2D eigenvalue weighted by atomic mass is 10.2. The van der Waals surface area contributed by atoms with Crippen LogP contribution in [0.3, 0.4) is 0 Å². The quantitative estimate of drug-likeness (QED) is 0.842. The van der Waals surface area contributed by atoms with Gasteiger partial charge in [0.1, 0.15) is 6.04 Å². The Morgan fingerprint density at radius 1 is 1.13 bits per heavy atom. The number of rotatable bonds is 5. The molecule has 0 aliphatic carbocycles. The topological polar surface area (TPSA) is 49.4 Å². The molecule has 5 heteroatoms. The van der Waals surface area contributed by atoms with Crippen LogP contribution in [0.2, 0.25) is 0 Å². The molecule has 1 aliphatic rings. The summed E-state index contributed by atoms with van der Waals surface area (Å²) in [6, 6.07) is 7.79. The Bertz CT molecular complexity index is 522. The Labute approximate surface area is 143 Å². The van der Waals surface area contributed by atoms with Crippen molar-refractivity contribution in [2.75, 3.05) is 18.8 Å². The Kier molecular flexibility index (Phi) is 6.96. The van der Waals surface area contributed by atoms with Gasteiger partial charge in [-0.05, 0) is 31.9 Å². The second-order valence-electron chi connectivity index (χ2n) is 6.12. The van der Waals surface area contributed by atoms with E-state index in [9.17, 15) is 9.59 Å². The number of hydrogen-bond donors (Lipinski definition) is 1. The average Bonchev–Trinajstić information content (AvgIpc) is 2.81. The molecule has 0 spiro atoms. The second-order valence-corrected chi connectivity index (χ2v) is 7.21. The van der Waals surface area contributed by atoms with Gasteiger partial charge in [-0.15, -0.1) is 11.8 Å². The number of thioether (sulfide) groups is 1. The molecular formula is C18H26N2O2S. The summed E-state index contributed by atoms with van der Waals surface area (Å²) < 4.78 is 0. The Hall–Kier alpha value is -1.49. The largest absolute Gasteiger partial charge is 0.344 e. The molecule has 4 nitrogen and oxygen atoms in total. The van der Waals surface area contributed by atoms with Crippen LogP contribution in [-0.4, -0.2) is 41.6 Å². The summed E-state index contributed by atoms with van der Waals surface area (Å²) in [5.74, 6) is 0.474. The van der Waals surface area contributed by atoms with Crippen molar-refractivity contribution in [1.82, 2.24) is 10.2 Å². The molecule has 1 aromatic rings. The van der Waals surface area contributed by atoms with Crippen LogP contribution in [0.4, 0.5) is 0 Å². The highest BCUT2D eigenvalue weighted by Gasteiger charge is 2.25. The Morgan fingerprint density at radius 3 is 2.30 bits per heavy atom. The van der Waals surface area contributed by atoms with E-state index in [2.05, 4.69) is 36.5 Å². The Morgan fingerprint density at radius 2 is 1.74 bits per heavy atom. The fourth-order valence-corrected chi connectivity index (χ4v) is 3.66. The lowest BCUT2D eigenvalue weighted by Gasteiger charge is -2.26. The minimum atomic E-state index is -0.447. The standard InChI is InChI=1S/C18H26N2O2S/c1-14-7-9-16(10-8-14)23-13-17(19-15(2)21)18(22)20-11-5-3-4-6-12-20/h7-10,17H,3-6,11-13H2,1-2H3,(H,19,21). The number of amides is 2. The monoisotopic (exact) mass is 334 g/mol. The molecule has 1 unspecified atom stereocenters. The molecule has 1 atom stereocenters. The predicted molar refractivity (Wildman–Crippen MR) is 94.6 cm³/mol. The van der Waals surface area contributed by atoms with E-state index in [1.165, 1.54) is 25.3 Å². The van der Waals surface area contributed by atoms with E-state index in [-0.39, 0.29) is 11.8 Å². The van der Waals surface area contributed by atoms with Crippen LogP contribution >= 0.6 is 11.8 Å². The SMILES string of the molecule is CC(=O)NC(CSc1ccc(C)cc1)C(=O)N1CCCCCC1.